The molecule has 1 unspecified atom stereocenters. The zero-order valence-electron chi connectivity index (χ0n) is 15.0. The van der Waals surface area contributed by atoms with E-state index >= 15 is 0 Å². The van der Waals surface area contributed by atoms with Crippen molar-refractivity contribution in [3.63, 3.8) is 0 Å². The van der Waals surface area contributed by atoms with Gasteiger partial charge in [-0.2, -0.15) is 10.2 Å². The van der Waals surface area contributed by atoms with Crippen LogP contribution in [0, 0.1) is 0 Å². The van der Waals surface area contributed by atoms with Gasteiger partial charge in [-0.1, -0.05) is 29.8 Å². The summed E-state index contributed by atoms with van der Waals surface area (Å²) in [5, 5.41) is 13.1. The van der Waals surface area contributed by atoms with E-state index in [2.05, 4.69) is 62.6 Å². The lowest BCUT2D eigenvalue weighted by Crippen LogP contribution is -2.48. The van der Waals surface area contributed by atoms with Crippen LogP contribution in [0.5, 0.6) is 0 Å². The molecule has 2 aromatic rings. The Morgan fingerprint density at radius 3 is 2.62 bits per heavy atom. The summed E-state index contributed by atoms with van der Waals surface area (Å²) < 4.78 is 0. The van der Waals surface area contributed by atoms with Crippen molar-refractivity contribution in [2.75, 3.05) is 42.9 Å². The highest BCUT2D eigenvalue weighted by Gasteiger charge is 2.29. The summed E-state index contributed by atoms with van der Waals surface area (Å²) in [7, 11) is 0. The van der Waals surface area contributed by atoms with Crippen LogP contribution >= 0.6 is 11.6 Å². The Bertz CT molecular complexity index is 786. The smallest absolute Gasteiger partial charge is 0.149 e. The van der Waals surface area contributed by atoms with Crippen LogP contribution in [0.15, 0.2) is 58.8 Å². The Morgan fingerprint density at radius 2 is 1.85 bits per heavy atom. The maximum absolute atomic E-state index is 6.11. The SMILES string of the molecule is CC1(CCN2CCN(c3ccccc3)CC2)N=Nc2ccc(Cl)cc2N1. The number of benzene rings is 2. The molecule has 0 aromatic heterocycles. The molecule has 1 fully saturated rings. The van der Waals surface area contributed by atoms with Crippen molar-refractivity contribution < 1.29 is 0 Å². The molecule has 4 rings (SSSR count). The lowest BCUT2D eigenvalue weighted by Gasteiger charge is -2.38. The molecule has 26 heavy (non-hydrogen) atoms. The zero-order valence-corrected chi connectivity index (χ0v) is 15.8. The summed E-state index contributed by atoms with van der Waals surface area (Å²) in [5.74, 6) is 0. The van der Waals surface area contributed by atoms with Crippen molar-refractivity contribution in [1.29, 1.82) is 0 Å². The minimum Gasteiger partial charge on any atom is -0.369 e. The van der Waals surface area contributed by atoms with Gasteiger partial charge in [-0.15, -0.1) is 0 Å². The summed E-state index contributed by atoms with van der Waals surface area (Å²) in [5.41, 5.74) is 2.75. The molecule has 2 heterocycles. The second-order valence-corrected chi connectivity index (χ2v) is 7.61. The third-order valence-corrected chi connectivity index (χ3v) is 5.38. The summed E-state index contributed by atoms with van der Waals surface area (Å²) >= 11 is 6.11. The number of piperazine rings is 1. The second kappa shape index (κ2) is 7.25. The van der Waals surface area contributed by atoms with Crippen molar-refractivity contribution in [2.45, 2.75) is 19.0 Å². The lowest BCUT2D eigenvalue weighted by molar-refractivity contribution is 0.236. The Morgan fingerprint density at radius 1 is 1.08 bits per heavy atom. The molecule has 0 aliphatic carbocycles. The third kappa shape index (κ3) is 3.84. The number of azo groups is 1. The number of para-hydroxylation sites is 1. The zero-order chi connectivity index (χ0) is 18.0. The molecule has 2 aliphatic rings. The maximum Gasteiger partial charge on any atom is 0.149 e. The van der Waals surface area contributed by atoms with E-state index in [1.54, 1.807) is 0 Å². The quantitative estimate of drug-likeness (QED) is 0.843. The highest BCUT2D eigenvalue weighted by Crippen LogP contribution is 2.36. The predicted molar refractivity (Wildman–Crippen MR) is 108 cm³/mol. The Balaban J connectivity index is 1.31. The van der Waals surface area contributed by atoms with Gasteiger partial charge in [0.25, 0.3) is 0 Å². The molecule has 2 aliphatic heterocycles. The lowest BCUT2D eigenvalue weighted by atomic mass is 10.1. The minimum atomic E-state index is -0.381. The average Bonchev–Trinajstić information content (AvgIpc) is 2.67. The fourth-order valence-electron chi connectivity index (χ4n) is 3.53. The van der Waals surface area contributed by atoms with Crippen molar-refractivity contribution in [2.24, 2.45) is 10.2 Å². The molecule has 0 bridgehead atoms. The van der Waals surface area contributed by atoms with Gasteiger partial charge in [-0.05, 0) is 37.3 Å². The Labute approximate surface area is 159 Å². The van der Waals surface area contributed by atoms with Crippen molar-refractivity contribution >= 4 is 28.7 Å². The predicted octanol–water partition coefficient (Wildman–Crippen LogP) is 4.78. The maximum atomic E-state index is 6.11. The molecule has 0 radical (unpaired) electrons. The van der Waals surface area contributed by atoms with Crippen LogP contribution in [0.2, 0.25) is 5.02 Å². The van der Waals surface area contributed by atoms with E-state index in [-0.39, 0.29) is 5.66 Å². The first-order valence-electron chi connectivity index (χ1n) is 9.14. The molecule has 6 heteroatoms. The molecule has 0 amide bonds. The number of rotatable bonds is 4. The number of fused-ring (bicyclic) bond motifs is 1. The standard InChI is InChI=1S/C20H24ClN5/c1-20(22-19-15-16(21)7-8-18(19)23-24-20)9-10-25-11-13-26(14-12-25)17-5-3-2-4-6-17/h2-8,15,22H,9-14H2,1H3. The number of halogens is 1. The molecule has 2 aromatic carbocycles. The van der Waals surface area contributed by atoms with Crippen LogP contribution in [-0.2, 0) is 0 Å². The van der Waals surface area contributed by atoms with E-state index < -0.39 is 0 Å². The first kappa shape index (κ1) is 17.3. The van der Waals surface area contributed by atoms with E-state index in [0.29, 0.717) is 5.02 Å². The number of nitrogens with one attached hydrogen (secondary N) is 1. The molecular weight excluding hydrogens is 346 g/mol. The molecule has 5 nitrogen and oxygen atoms in total. The van der Waals surface area contributed by atoms with E-state index in [4.69, 9.17) is 11.6 Å². The molecular formula is C20H24ClN5. The largest absolute Gasteiger partial charge is 0.369 e. The van der Waals surface area contributed by atoms with Crippen molar-refractivity contribution in [3.05, 3.63) is 53.6 Å². The number of hydrogen-bond acceptors (Lipinski definition) is 5. The molecule has 0 saturated carbocycles. The fraction of sp³-hybridized carbons (Fsp3) is 0.400. The van der Waals surface area contributed by atoms with Crippen LogP contribution < -0.4 is 10.2 Å². The van der Waals surface area contributed by atoms with Gasteiger partial charge in [0.2, 0.25) is 0 Å². The summed E-state index contributed by atoms with van der Waals surface area (Å²) in [6, 6.07) is 16.3. The monoisotopic (exact) mass is 369 g/mol. The topological polar surface area (TPSA) is 43.2 Å². The summed E-state index contributed by atoms with van der Waals surface area (Å²) in [6.45, 7) is 7.37. The Kier molecular flexibility index (Phi) is 4.83. The van der Waals surface area contributed by atoms with E-state index in [1.807, 2.05) is 18.2 Å². The Hall–Kier alpha value is -2.11. The van der Waals surface area contributed by atoms with Crippen LogP contribution in [-0.4, -0.2) is 43.3 Å². The van der Waals surface area contributed by atoms with Crippen LogP contribution in [0.25, 0.3) is 0 Å². The minimum absolute atomic E-state index is 0.381. The number of anilines is 2. The normalized spacial score (nSPS) is 22.8. The molecule has 136 valence electrons. The van der Waals surface area contributed by atoms with Crippen molar-refractivity contribution in [1.82, 2.24) is 4.90 Å². The van der Waals surface area contributed by atoms with Gasteiger partial charge in [0.15, 0.2) is 0 Å². The molecule has 0 spiro atoms. The van der Waals surface area contributed by atoms with E-state index in [1.165, 1.54) is 5.69 Å². The number of nitrogens with zero attached hydrogens (tertiary/aromatic N) is 4. The highest BCUT2D eigenvalue weighted by atomic mass is 35.5. The summed E-state index contributed by atoms with van der Waals surface area (Å²) in [6.07, 6.45) is 0.911. The van der Waals surface area contributed by atoms with E-state index in [0.717, 1.165) is 50.5 Å². The fourth-order valence-corrected chi connectivity index (χ4v) is 3.70. The first-order valence-corrected chi connectivity index (χ1v) is 9.52. The molecule has 1 atom stereocenters. The van der Waals surface area contributed by atoms with Crippen LogP contribution in [0.4, 0.5) is 17.1 Å². The van der Waals surface area contributed by atoms with Crippen molar-refractivity contribution in [3.8, 4) is 0 Å². The van der Waals surface area contributed by atoms with Crippen LogP contribution in [0.3, 0.4) is 0 Å². The first-order chi connectivity index (χ1) is 12.6. The van der Waals surface area contributed by atoms with Crippen LogP contribution in [0.1, 0.15) is 13.3 Å². The summed E-state index contributed by atoms with van der Waals surface area (Å²) in [4.78, 5) is 4.96. The van der Waals surface area contributed by atoms with E-state index in [9.17, 15) is 0 Å². The third-order valence-electron chi connectivity index (χ3n) is 5.15. The van der Waals surface area contributed by atoms with Gasteiger partial charge in [-0.25, -0.2) is 0 Å². The average molecular weight is 370 g/mol. The van der Waals surface area contributed by atoms with Gasteiger partial charge in [0.05, 0.1) is 5.69 Å². The van der Waals surface area contributed by atoms with Gasteiger partial charge in [0, 0.05) is 49.9 Å². The highest BCUT2D eigenvalue weighted by molar-refractivity contribution is 6.31. The van der Waals surface area contributed by atoms with Gasteiger partial charge in [-0.3, -0.25) is 4.90 Å². The number of hydrogen-bond donors (Lipinski definition) is 1. The van der Waals surface area contributed by atoms with Gasteiger partial charge >= 0.3 is 0 Å². The second-order valence-electron chi connectivity index (χ2n) is 7.17. The van der Waals surface area contributed by atoms with Gasteiger partial charge in [0.1, 0.15) is 11.4 Å². The van der Waals surface area contributed by atoms with Gasteiger partial charge < -0.3 is 10.2 Å². The molecule has 1 saturated heterocycles. The molecule has 1 N–H and O–H groups in total.